The molecule has 0 aromatic heterocycles. The van der Waals surface area contributed by atoms with Crippen molar-refractivity contribution in [1.82, 2.24) is 0 Å². The Bertz CT molecular complexity index is 775. The number of amides is 1. The van der Waals surface area contributed by atoms with Crippen molar-refractivity contribution in [3.05, 3.63) is 59.4 Å². The fraction of sp³-hybridized carbons (Fsp3) is 0.176. The van der Waals surface area contributed by atoms with E-state index in [4.69, 9.17) is 9.47 Å². The SMILES string of the molecule is COC(=O)c1ccc2c(c1)CN(c1cccc(F)c1)C(=O)CO2. The Morgan fingerprint density at radius 1 is 1.26 bits per heavy atom. The number of ether oxygens (including phenoxy) is 2. The van der Waals surface area contributed by atoms with E-state index in [1.807, 2.05) is 0 Å². The van der Waals surface area contributed by atoms with Gasteiger partial charge in [0, 0.05) is 11.3 Å². The fourth-order valence-electron chi connectivity index (χ4n) is 2.44. The minimum Gasteiger partial charge on any atom is -0.483 e. The summed E-state index contributed by atoms with van der Waals surface area (Å²) in [4.78, 5) is 25.3. The number of methoxy groups -OCH3 is 1. The lowest BCUT2D eigenvalue weighted by Crippen LogP contribution is -2.32. The highest BCUT2D eigenvalue weighted by Crippen LogP contribution is 2.28. The molecule has 23 heavy (non-hydrogen) atoms. The molecule has 0 N–H and O–H groups in total. The van der Waals surface area contributed by atoms with Crippen LogP contribution in [0.3, 0.4) is 0 Å². The van der Waals surface area contributed by atoms with Crippen LogP contribution in [0.25, 0.3) is 0 Å². The highest BCUT2D eigenvalue weighted by molar-refractivity contribution is 5.95. The average molecular weight is 315 g/mol. The molecule has 1 aliphatic rings. The molecule has 1 heterocycles. The second kappa shape index (κ2) is 6.08. The van der Waals surface area contributed by atoms with Crippen molar-refractivity contribution in [3.8, 4) is 5.75 Å². The summed E-state index contributed by atoms with van der Waals surface area (Å²) in [6.07, 6.45) is 0. The Kier molecular flexibility index (Phi) is 3.97. The normalized spacial score (nSPS) is 13.8. The smallest absolute Gasteiger partial charge is 0.337 e. The zero-order valence-corrected chi connectivity index (χ0v) is 12.4. The fourth-order valence-corrected chi connectivity index (χ4v) is 2.44. The largest absolute Gasteiger partial charge is 0.483 e. The van der Waals surface area contributed by atoms with E-state index < -0.39 is 11.8 Å². The predicted molar refractivity (Wildman–Crippen MR) is 80.9 cm³/mol. The minimum absolute atomic E-state index is 0.152. The lowest BCUT2D eigenvalue weighted by atomic mass is 10.1. The number of rotatable bonds is 2. The van der Waals surface area contributed by atoms with E-state index in [0.29, 0.717) is 22.6 Å². The molecule has 0 unspecified atom stereocenters. The Balaban J connectivity index is 1.99. The van der Waals surface area contributed by atoms with Crippen LogP contribution in [0.5, 0.6) is 5.75 Å². The summed E-state index contributed by atoms with van der Waals surface area (Å²) in [6, 6.07) is 10.6. The van der Waals surface area contributed by atoms with Gasteiger partial charge in [-0.25, -0.2) is 9.18 Å². The van der Waals surface area contributed by atoms with Crippen LogP contribution in [0.4, 0.5) is 10.1 Å². The molecule has 0 radical (unpaired) electrons. The zero-order valence-electron chi connectivity index (χ0n) is 12.4. The number of nitrogens with zero attached hydrogens (tertiary/aromatic N) is 1. The third-order valence-corrected chi connectivity index (χ3v) is 3.58. The van der Waals surface area contributed by atoms with E-state index >= 15 is 0 Å². The van der Waals surface area contributed by atoms with Gasteiger partial charge < -0.3 is 14.4 Å². The van der Waals surface area contributed by atoms with Gasteiger partial charge in [0.2, 0.25) is 0 Å². The molecule has 2 aromatic rings. The van der Waals surface area contributed by atoms with Gasteiger partial charge in [-0.2, -0.15) is 0 Å². The number of esters is 1. The first-order valence-electron chi connectivity index (χ1n) is 6.98. The summed E-state index contributed by atoms with van der Waals surface area (Å²) < 4.78 is 23.6. The summed E-state index contributed by atoms with van der Waals surface area (Å²) in [7, 11) is 1.30. The van der Waals surface area contributed by atoms with Crippen molar-refractivity contribution in [1.29, 1.82) is 0 Å². The van der Waals surface area contributed by atoms with Crippen molar-refractivity contribution in [2.24, 2.45) is 0 Å². The Hall–Kier alpha value is -2.89. The maximum Gasteiger partial charge on any atom is 0.337 e. The molecular weight excluding hydrogens is 301 g/mol. The number of halogens is 1. The molecule has 5 nitrogen and oxygen atoms in total. The topological polar surface area (TPSA) is 55.8 Å². The molecule has 0 atom stereocenters. The Morgan fingerprint density at radius 3 is 2.83 bits per heavy atom. The maximum absolute atomic E-state index is 13.4. The molecule has 0 fully saturated rings. The number of fused-ring (bicyclic) bond motifs is 1. The molecule has 0 bridgehead atoms. The average Bonchev–Trinajstić information content (AvgIpc) is 2.73. The Morgan fingerprint density at radius 2 is 2.09 bits per heavy atom. The van der Waals surface area contributed by atoms with Crippen LogP contribution in [0.15, 0.2) is 42.5 Å². The van der Waals surface area contributed by atoms with E-state index in [0.717, 1.165) is 0 Å². The number of carbonyl (C=O) groups is 2. The second-order valence-electron chi connectivity index (χ2n) is 5.06. The van der Waals surface area contributed by atoms with Gasteiger partial charge in [-0.05, 0) is 36.4 Å². The van der Waals surface area contributed by atoms with Crippen molar-refractivity contribution in [3.63, 3.8) is 0 Å². The summed E-state index contributed by atoms with van der Waals surface area (Å²) in [5, 5.41) is 0. The monoisotopic (exact) mass is 315 g/mol. The summed E-state index contributed by atoms with van der Waals surface area (Å²) >= 11 is 0. The van der Waals surface area contributed by atoms with Gasteiger partial charge in [-0.15, -0.1) is 0 Å². The number of hydrogen-bond acceptors (Lipinski definition) is 4. The third-order valence-electron chi connectivity index (χ3n) is 3.58. The van der Waals surface area contributed by atoms with Crippen LogP contribution < -0.4 is 9.64 Å². The zero-order chi connectivity index (χ0) is 16.4. The molecule has 0 aliphatic carbocycles. The van der Waals surface area contributed by atoms with Gasteiger partial charge >= 0.3 is 5.97 Å². The van der Waals surface area contributed by atoms with Gasteiger partial charge in [0.1, 0.15) is 11.6 Å². The summed E-state index contributed by atoms with van der Waals surface area (Å²) in [5.74, 6) is -0.666. The molecule has 1 aliphatic heterocycles. The van der Waals surface area contributed by atoms with Gasteiger partial charge in [-0.1, -0.05) is 6.07 Å². The van der Waals surface area contributed by atoms with Crippen LogP contribution in [-0.2, 0) is 16.1 Å². The van der Waals surface area contributed by atoms with Gasteiger partial charge in [0.05, 0.1) is 19.2 Å². The predicted octanol–water partition coefficient (Wildman–Crippen LogP) is 2.54. The van der Waals surface area contributed by atoms with Crippen molar-refractivity contribution >= 4 is 17.6 Å². The number of benzene rings is 2. The van der Waals surface area contributed by atoms with Crippen molar-refractivity contribution in [2.45, 2.75) is 6.54 Å². The molecule has 118 valence electrons. The number of hydrogen-bond donors (Lipinski definition) is 0. The summed E-state index contributed by atoms with van der Waals surface area (Å²) in [6.45, 7) is 0.0313. The maximum atomic E-state index is 13.4. The van der Waals surface area contributed by atoms with E-state index in [9.17, 15) is 14.0 Å². The molecule has 0 saturated carbocycles. The lowest BCUT2D eigenvalue weighted by Gasteiger charge is -2.20. The third kappa shape index (κ3) is 3.01. The van der Waals surface area contributed by atoms with Gasteiger partial charge in [0.25, 0.3) is 5.91 Å². The molecule has 2 aromatic carbocycles. The Labute approximate surface area is 132 Å². The molecule has 1 amide bonds. The van der Waals surface area contributed by atoms with Crippen LogP contribution >= 0.6 is 0 Å². The minimum atomic E-state index is -0.472. The summed E-state index contributed by atoms with van der Waals surface area (Å²) in [5.41, 5.74) is 1.46. The molecule has 6 heteroatoms. The van der Waals surface area contributed by atoms with Crippen LogP contribution in [0, 0.1) is 5.82 Å². The van der Waals surface area contributed by atoms with Gasteiger partial charge in [-0.3, -0.25) is 4.79 Å². The van der Waals surface area contributed by atoms with Gasteiger partial charge in [0.15, 0.2) is 6.61 Å². The van der Waals surface area contributed by atoms with E-state index in [1.165, 1.54) is 30.2 Å². The number of anilines is 1. The first-order valence-corrected chi connectivity index (χ1v) is 6.98. The molecule has 0 saturated heterocycles. The second-order valence-corrected chi connectivity index (χ2v) is 5.06. The first kappa shape index (κ1) is 15.0. The molecular formula is C17H14FNO4. The van der Waals surface area contributed by atoms with Crippen LogP contribution in [0.1, 0.15) is 15.9 Å². The first-order chi connectivity index (χ1) is 11.1. The van der Waals surface area contributed by atoms with Crippen LogP contribution in [0.2, 0.25) is 0 Å². The quantitative estimate of drug-likeness (QED) is 0.799. The molecule has 0 spiro atoms. The van der Waals surface area contributed by atoms with E-state index in [2.05, 4.69) is 0 Å². The van der Waals surface area contributed by atoms with Crippen LogP contribution in [-0.4, -0.2) is 25.6 Å². The highest BCUT2D eigenvalue weighted by Gasteiger charge is 2.24. The standard InChI is InChI=1S/C17H14FNO4/c1-22-17(21)11-5-6-15-12(7-11)9-19(16(20)10-23-15)14-4-2-3-13(18)8-14/h2-8H,9-10H2,1H3. The lowest BCUT2D eigenvalue weighted by molar-refractivity contribution is -0.120. The van der Waals surface area contributed by atoms with E-state index in [1.54, 1.807) is 24.3 Å². The highest BCUT2D eigenvalue weighted by atomic mass is 19.1. The number of carbonyl (C=O) groups excluding carboxylic acids is 2. The van der Waals surface area contributed by atoms with Crippen molar-refractivity contribution < 1.29 is 23.5 Å². The van der Waals surface area contributed by atoms with Crippen molar-refractivity contribution in [2.75, 3.05) is 18.6 Å². The molecule has 3 rings (SSSR count). The van der Waals surface area contributed by atoms with E-state index in [-0.39, 0.29) is 19.1 Å².